The van der Waals surface area contributed by atoms with Crippen molar-refractivity contribution in [2.75, 3.05) is 0 Å². The van der Waals surface area contributed by atoms with Gasteiger partial charge in [-0.15, -0.1) is 0 Å². The number of rotatable bonds is 5. The lowest BCUT2D eigenvalue weighted by Crippen LogP contribution is -2.14. The Morgan fingerprint density at radius 3 is 1.84 bits per heavy atom. The SMILES string of the molecule is CC.CC1(C)c2ccccc2-c2cc(-c3cccc4c(-c5cccc6c7c8ccccc8ccc7n(-c7nc(-c8ccccc8)nc(-c8ccc9c(c8)oc8ccccc89)n7)c56)cccc34)ccc21. The van der Waals surface area contributed by atoms with E-state index in [2.05, 4.69) is 188 Å². The van der Waals surface area contributed by atoms with E-state index in [0.29, 0.717) is 17.6 Å². The lowest BCUT2D eigenvalue weighted by atomic mass is 9.82. The van der Waals surface area contributed by atoms with E-state index in [1.807, 2.05) is 50.2 Å². The Balaban J connectivity index is 0.00000232. The van der Waals surface area contributed by atoms with Crippen LogP contribution in [0.3, 0.4) is 0 Å². The van der Waals surface area contributed by atoms with Crippen molar-refractivity contribution >= 4 is 65.3 Å². The van der Waals surface area contributed by atoms with Crippen LogP contribution in [0.1, 0.15) is 38.8 Å². The smallest absolute Gasteiger partial charge is 0.238 e. The Kier molecular flexibility index (Phi) is 9.25. The largest absolute Gasteiger partial charge is 0.456 e. The molecule has 0 N–H and O–H groups in total. The van der Waals surface area contributed by atoms with E-state index in [9.17, 15) is 0 Å². The summed E-state index contributed by atoms with van der Waals surface area (Å²) in [6, 6.07) is 73.8. The van der Waals surface area contributed by atoms with Crippen LogP contribution >= 0.6 is 0 Å². The first kappa shape index (κ1) is 40.6. The van der Waals surface area contributed by atoms with E-state index >= 15 is 0 Å². The lowest BCUT2D eigenvalue weighted by Gasteiger charge is -2.21. The molecular weight excluding hydrogens is 841 g/mol. The lowest BCUT2D eigenvalue weighted by molar-refractivity contribution is 0.660. The summed E-state index contributed by atoms with van der Waals surface area (Å²) in [4.78, 5) is 16.0. The molecule has 1 aliphatic rings. The molecular formula is C64H46N4O. The zero-order valence-electron chi connectivity index (χ0n) is 38.8. The van der Waals surface area contributed by atoms with Gasteiger partial charge in [-0.05, 0) is 90.8 Å². The Hall–Kier alpha value is -8.67. The van der Waals surface area contributed by atoms with E-state index in [1.54, 1.807) is 0 Å². The van der Waals surface area contributed by atoms with Crippen molar-refractivity contribution in [3.05, 3.63) is 217 Å². The highest BCUT2D eigenvalue weighted by Crippen LogP contribution is 2.50. The molecule has 0 amide bonds. The van der Waals surface area contributed by atoms with Gasteiger partial charge in [-0.1, -0.05) is 204 Å². The first-order valence-electron chi connectivity index (χ1n) is 23.9. The van der Waals surface area contributed by atoms with Gasteiger partial charge in [-0.25, -0.2) is 4.98 Å². The van der Waals surface area contributed by atoms with Crippen LogP contribution in [-0.2, 0) is 5.41 Å². The summed E-state index contributed by atoms with van der Waals surface area (Å²) in [5.41, 5.74) is 15.4. The van der Waals surface area contributed by atoms with Gasteiger partial charge in [-0.2, -0.15) is 9.97 Å². The molecule has 10 aromatic carbocycles. The van der Waals surface area contributed by atoms with Gasteiger partial charge in [0.2, 0.25) is 5.95 Å². The van der Waals surface area contributed by atoms with Crippen LogP contribution in [0.15, 0.2) is 211 Å². The molecule has 3 aromatic heterocycles. The van der Waals surface area contributed by atoms with Crippen molar-refractivity contribution in [1.82, 2.24) is 19.5 Å². The summed E-state index contributed by atoms with van der Waals surface area (Å²) < 4.78 is 8.66. The number of furan rings is 1. The molecule has 5 nitrogen and oxygen atoms in total. The molecule has 0 atom stereocenters. The van der Waals surface area contributed by atoms with E-state index in [0.717, 1.165) is 66.0 Å². The molecule has 0 fully saturated rings. The normalized spacial score (nSPS) is 12.8. The molecule has 13 aromatic rings. The number of aromatic nitrogens is 4. The van der Waals surface area contributed by atoms with Crippen LogP contribution in [0.2, 0.25) is 0 Å². The topological polar surface area (TPSA) is 56.7 Å². The molecule has 0 aliphatic heterocycles. The zero-order chi connectivity index (χ0) is 46.4. The van der Waals surface area contributed by atoms with Crippen molar-refractivity contribution < 1.29 is 4.42 Å². The van der Waals surface area contributed by atoms with Gasteiger partial charge in [0.1, 0.15) is 11.2 Å². The maximum atomic E-state index is 6.39. The van der Waals surface area contributed by atoms with Crippen molar-refractivity contribution in [1.29, 1.82) is 0 Å². The monoisotopic (exact) mass is 886 g/mol. The average Bonchev–Trinajstić information content (AvgIpc) is 4.04. The van der Waals surface area contributed by atoms with Gasteiger partial charge in [0.15, 0.2) is 11.6 Å². The Morgan fingerprint density at radius 1 is 0.391 bits per heavy atom. The van der Waals surface area contributed by atoms with Crippen LogP contribution in [0.5, 0.6) is 0 Å². The first-order chi connectivity index (χ1) is 34.0. The van der Waals surface area contributed by atoms with Crippen LogP contribution in [-0.4, -0.2) is 19.5 Å². The van der Waals surface area contributed by atoms with Crippen LogP contribution < -0.4 is 0 Å². The molecule has 5 heteroatoms. The summed E-state index contributed by atoms with van der Waals surface area (Å²) in [6.07, 6.45) is 0. The molecule has 69 heavy (non-hydrogen) atoms. The molecule has 328 valence electrons. The fraction of sp³-hybridized carbons (Fsp3) is 0.0781. The molecule has 0 spiro atoms. The van der Waals surface area contributed by atoms with Gasteiger partial charge in [0.05, 0.1) is 11.0 Å². The zero-order valence-corrected chi connectivity index (χ0v) is 38.8. The number of benzene rings is 10. The van der Waals surface area contributed by atoms with Gasteiger partial charge < -0.3 is 4.42 Å². The molecule has 0 saturated heterocycles. The number of hydrogen-bond donors (Lipinski definition) is 0. The summed E-state index contributed by atoms with van der Waals surface area (Å²) in [5, 5.41) is 9.15. The number of fused-ring (bicyclic) bond motifs is 12. The van der Waals surface area contributed by atoms with Gasteiger partial charge in [-0.3, -0.25) is 4.57 Å². The average molecular weight is 887 g/mol. The minimum Gasteiger partial charge on any atom is -0.456 e. The second kappa shape index (κ2) is 15.7. The van der Waals surface area contributed by atoms with Crippen LogP contribution in [0.25, 0.3) is 127 Å². The van der Waals surface area contributed by atoms with E-state index in [4.69, 9.17) is 19.4 Å². The third-order valence-corrected chi connectivity index (χ3v) is 14.3. The van der Waals surface area contributed by atoms with Gasteiger partial charge >= 0.3 is 0 Å². The maximum absolute atomic E-state index is 6.39. The predicted octanol–water partition coefficient (Wildman–Crippen LogP) is 17.2. The van der Waals surface area contributed by atoms with Crippen molar-refractivity contribution in [2.45, 2.75) is 33.1 Å². The summed E-state index contributed by atoms with van der Waals surface area (Å²) in [6.45, 7) is 8.68. The first-order valence-corrected chi connectivity index (χ1v) is 23.9. The molecule has 0 radical (unpaired) electrons. The molecule has 3 heterocycles. The second-order valence-corrected chi connectivity index (χ2v) is 18.3. The summed E-state index contributed by atoms with van der Waals surface area (Å²) >= 11 is 0. The summed E-state index contributed by atoms with van der Waals surface area (Å²) in [5.74, 6) is 1.70. The quantitative estimate of drug-likeness (QED) is 0.173. The van der Waals surface area contributed by atoms with E-state index in [-0.39, 0.29) is 5.41 Å². The van der Waals surface area contributed by atoms with Gasteiger partial charge in [0, 0.05) is 43.7 Å². The van der Waals surface area contributed by atoms with Gasteiger partial charge in [0.25, 0.3) is 0 Å². The fourth-order valence-corrected chi connectivity index (χ4v) is 11.1. The highest BCUT2D eigenvalue weighted by atomic mass is 16.3. The third kappa shape index (κ3) is 6.20. The minimum absolute atomic E-state index is 0.0534. The molecule has 0 bridgehead atoms. The minimum atomic E-state index is -0.0534. The van der Waals surface area contributed by atoms with Crippen molar-refractivity contribution in [3.8, 4) is 62.1 Å². The highest BCUT2D eigenvalue weighted by molar-refractivity contribution is 6.24. The Labute approximate surface area is 400 Å². The molecule has 14 rings (SSSR count). The molecule has 0 saturated carbocycles. The second-order valence-electron chi connectivity index (χ2n) is 18.3. The van der Waals surface area contributed by atoms with E-state index < -0.39 is 0 Å². The van der Waals surface area contributed by atoms with E-state index in [1.165, 1.54) is 54.9 Å². The highest BCUT2D eigenvalue weighted by Gasteiger charge is 2.35. The number of para-hydroxylation sites is 2. The fourth-order valence-electron chi connectivity index (χ4n) is 11.1. The van der Waals surface area contributed by atoms with Crippen LogP contribution in [0.4, 0.5) is 0 Å². The number of hydrogen-bond acceptors (Lipinski definition) is 4. The standard InChI is InChI=1S/C62H40N4O.C2H6/c1-62(2)52-27-10-8-19-46(52)51-35-39(30-33-53(51)62)41-21-12-23-44-43(41)22-13-24-45(44)49-25-14-26-50-57-42-18-7-6-15-37(42)31-34-54(57)66(58(49)50)61-64-59(38-16-4-3-5-17-38)63-60(65-61)40-29-32-48-47-20-9-11-28-55(47)67-56(48)36-40;1-2/h3-36H,1-2H3;1-2H3. The summed E-state index contributed by atoms with van der Waals surface area (Å²) in [7, 11) is 0. The Bertz CT molecular complexity index is 4200. The Morgan fingerprint density at radius 2 is 1.00 bits per heavy atom. The van der Waals surface area contributed by atoms with Crippen LogP contribution in [0, 0.1) is 0 Å². The van der Waals surface area contributed by atoms with Crippen molar-refractivity contribution in [3.63, 3.8) is 0 Å². The third-order valence-electron chi connectivity index (χ3n) is 14.3. The molecule has 0 unspecified atom stereocenters. The molecule has 1 aliphatic carbocycles. The predicted molar refractivity (Wildman–Crippen MR) is 287 cm³/mol. The van der Waals surface area contributed by atoms with Crippen molar-refractivity contribution in [2.24, 2.45) is 0 Å². The number of nitrogens with zero attached hydrogens (tertiary/aromatic N) is 4. The maximum Gasteiger partial charge on any atom is 0.238 e.